The monoisotopic (exact) mass is 325 g/mol. The van der Waals surface area contributed by atoms with Crippen LogP contribution in [0.15, 0.2) is 59.5 Å². The summed E-state index contributed by atoms with van der Waals surface area (Å²) in [5, 5.41) is 13.0. The van der Waals surface area contributed by atoms with E-state index in [0.717, 1.165) is 0 Å². The average molecular weight is 325 g/mol. The number of nitrogens with one attached hydrogen (secondary N) is 2. The van der Waals surface area contributed by atoms with Gasteiger partial charge in [-0.3, -0.25) is 9.59 Å². The lowest BCUT2D eigenvalue weighted by atomic mass is 10.2. The van der Waals surface area contributed by atoms with Crippen LogP contribution in [-0.2, 0) is 4.79 Å². The van der Waals surface area contributed by atoms with Crippen molar-refractivity contribution in [3.8, 4) is 5.69 Å². The summed E-state index contributed by atoms with van der Waals surface area (Å²) in [6.45, 7) is 1.59. The predicted octanol–water partition coefficient (Wildman–Crippen LogP) is 1.62. The molecule has 0 saturated heterocycles. The maximum Gasteiger partial charge on any atom is 0.287 e. The third-order valence-corrected chi connectivity index (χ3v) is 3.32. The molecule has 2 aromatic heterocycles. The highest BCUT2D eigenvalue weighted by Crippen LogP contribution is 2.18. The molecule has 2 amide bonds. The van der Waals surface area contributed by atoms with Crippen LogP contribution < -0.4 is 10.6 Å². The van der Waals surface area contributed by atoms with Gasteiger partial charge in [-0.25, -0.2) is 4.68 Å². The number of hydrogen-bond acceptors (Lipinski definition) is 5. The van der Waals surface area contributed by atoms with E-state index < -0.39 is 11.9 Å². The van der Waals surface area contributed by atoms with Gasteiger partial charge in [-0.15, -0.1) is 5.10 Å². The largest absolute Gasteiger partial charge is 0.459 e. The van der Waals surface area contributed by atoms with E-state index >= 15 is 0 Å². The molecule has 0 radical (unpaired) electrons. The number of para-hydroxylation sites is 2. The average Bonchev–Trinajstić information content (AvgIpc) is 3.29. The molecule has 2 heterocycles. The lowest BCUT2D eigenvalue weighted by molar-refractivity contribution is -0.117. The fraction of sp³-hybridized carbons (Fsp3) is 0.125. The zero-order valence-corrected chi connectivity index (χ0v) is 12.8. The van der Waals surface area contributed by atoms with Gasteiger partial charge in [-0.05, 0) is 31.2 Å². The lowest BCUT2D eigenvalue weighted by Gasteiger charge is -2.15. The van der Waals surface area contributed by atoms with E-state index in [1.807, 2.05) is 6.07 Å². The highest BCUT2D eigenvalue weighted by Gasteiger charge is 2.19. The minimum absolute atomic E-state index is 0.151. The fourth-order valence-corrected chi connectivity index (χ4v) is 2.10. The summed E-state index contributed by atoms with van der Waals surface area (Å²) in [4.78, 5) is 24.3. The highest BCUT2D eigenvalue weighted by molar-refractivity contribution is 6.00. The molecule has 122 valence electrons. The van der Waals surface area contributed by atoms with Gasteiger partial charge in [-0.1, -0.05) is 17.3 Å². The quantitative estimate of drug-likeness (QED) is 0.742. The summed E-state index contributed by atoms with van der Waals surface area (Å²) in [6.07, 6.45) is 4.62. The number of carbonyl (C=O) groups excluding carboxylic acids is 2. The van der Waals surface area contributed by atoms with Crippen molar-refractivity contribution >= 4 is 17.5 Å². The Balaban J connectivity index is 1.70. The molecule has 0 aliphatic rings. The zero-order chi connectivity index (χ0) is 16.9. The van der Waals surface area contributed by atoms with E-state index in [-0.39, 0.29) is 11.7 Å². The molecule has 24 heavy (non-hydrogen) atoms. The minimum atomic E-state index is -0.744. The minimum Gasteiger partial charge on any atom is -0.459 e. The molecule has 0 saturated carbocycles. The third-order valence-electron chi connectivity index (χ3n) is 3.32. The molecular weight excluding hydrogens is 310 g/mol. The molecule has 0 aliphatic heterocycles. The molecule has 3 rings (SSSR count). The van der Waals surface area contributed by atoms with Gasteiger partial charge >= 0.3 is 0 Å². The van der Waals surface area contributed by atoms with Gasteiger partial charge in [0.1, 0.15) is 6.04 Å². The van der Waals surface area contributed by atoms with Crippen LogP contribution in [0.4, 0.5) is 5.69 Å². The van der Waals surface area contributed by atoms with Crippen LogP contribution in [-0.4, -0.2) is 32.9 Å². The Kier molecular flexibility index (Phi) is 4.37. The second kappa shape index (κ2) is 6.78. The number of anilines is 1. The molecule has 8 heteroatoms. The van der Waals surface area contributed by atoms with Gasteiger partial charge in [0, 0.05) is 0 Å². The molecule has 1 atom stereocenters. The fourth-order valence-electron chi connectivity index (χ4n) is 2.10. The summed E-state index contributed by atoms with van der Waals surface area (Å²) in [7, 11) is 0. The summed E-state index contributed by atoms with van der Waals surface area (Å²) in [5.41, 5.74) is 1.24. The molecule has 0 spiro atoms. The molecule has 1 unspecified atom stereocenters. The normalized spacial score (nSPS) is 11.7. The first kappa shape index (κ1) is 15.5. The zero-order valence-electron chi connectivity index (χ0n) is 12.8. The number of amides is 2. The van der Waals surface area contributed by atoms with Crippen LogP contribution in [0.25, 0.3) is 5.69 Å². The molecule has 2 N–H and O–H groups in total. The standard InChI is InChI=1S/C16H15N5O3/c1-11(18-16(23)14-7-4-10-24-14)15(22)19-12-5-2-3-6-13(12)21-9-8-17-20-21/h2-11H,1H3,(H,18,23)(H,19,22). The summed E-state index contributed by atoms with van der Waals surface area (Å²) in [5.74, 6) is -0.660. The highest BCUT2D eigenvalue weighted by atomic mass is 16.3. The first-order chi connectivity index (χ1) is 11.6. The van der Waals surface area contributed by atoms with Crippen molar-refractivity contribution in [1.82, 2.24) is 20.3 Å². The van der Waals surface area contributed by atoms with E-state index in [4.69, 9.17) is 4.42 Å². The van der Waals surface area contributed by atoms with E-state index in [1.165, 1.54) is 12.3 Å². The maximum absolute atomic E-state index is 12.3. The first-order valence-corrected chi connectivity index (χ1v) is 7.26. The molecule has 1 aromatic carbocycles. The molecule has 3 aromatic rings. The van der Waals surface area contributed by atoms with Crippen molar-refractivity contribution in [2.45, 2.75) is 13.0 Å². The summed E-state index contributed by atoms with van der Waals surface area (Å²) < 4.78 is 6.54. The molecule has 0 aliphatic carbocycles. The van der Waals surface area contributed by atoms with Crippen LogP contribution >= 0.6 is 0 Å². The first-order valence-electron chi connectivity index (χ1n) is 7.26. The van der Waals surface area contributed by atoms with Gasteiger partial charge in [0.2, 0.25) is 5.91 Å². The van der Waals surface area contributed by atoms with E-state index in [2.05, 4.69) is 20.9 Å². The van der Waals surface area contributed by atoms with Crippen LogP contribution in [0.2, 0.25) is 0 Å². The van der Waals surface area contributed by atoms with Crippen LogP contribution in [0.5, 0.6) is 0 Å². The Morgan fingerprint density at radius 2 is 2.04 bits per heavy atom. The SMILES string of the molecule is CC(NC(=O)c1ccco1)C(=O)Nc1ccccc1-n1ccnn1. The number of rotatable bonds is 5. The van der Waals surface area contributed by atoms with E-state index in [9.17, 15) is 9.59 Å². The Morgan fingerprint density at radius 1 is 1.21 bits per heavy atom. The number of aromatic nitrogens is 3. The van der Waals surface area contributed by atoms with Crippen molar-refractivity contribution in [3.63, 3.8) is 0 Å². The van der Waals surface area contributed by atoms with E-state index in [0.29, 0.717) is 11.4 Å². The topological polar surface area (TPSA) is 102 Å². The number of furan rings is 1. The smallest absolute Gasteiger partial charge is 0.287 e. The molecular formula is C16H15N5O3. The Hall–Kier alpha value is -3.42. The number of carbonyl (C=O) groups is 2. The van der Waals surface area contributed by atoms with Crippen molar-refractivity contribution in [2.24, 2.45) is 0 Å². The summed E-state index contributed by atoms with van der Waals surface area (Å²) >= 11 is 0. The Morgan fingerprint density at radius 3 is 2.75 bits per heavy atom. The Labute approximate surface area is 137 Å². The van der Waals surface area contributed by atoms with Crippen molar-refractivity contribution < 1.29 is 14.0 Å². The van der Waals surface area contributed by atoms with Gasteiger partial charge < -0.3 is 15.1 Å². The van der Waals surface area contributed by atoms with Crippen molar-refractivity contribution in [2.75, 3.05) is 5.32 Å². The lowest BCUT2D eigenvalue weighted by Crippen LogP contribution is -2.41. The molecule has 8 nitrogen and oxygen atoms in total. The number of benzene rings is 1. The number of hydrogen-bond donors (Lipinski definition) is 2. The van der Waals surface area contributed by atoms with Crippen LogP contribution in [0.3, 0.4) is 0 Å². The van der Waals surface area contributed by atoms with Crippen LogP contribution in [0.1, 0.15) is 17.5 Å². The Bertz CT molecular complexity index is 827. The molecule has 0 bridgehead atoms. The van der Waals surface area contributed by atoms with Crippen LogP contribution in [0, 0.1) is 0 Å². The van der Waals surface area contributed by atoms with Gasteiger partial charge in [-0.2, -0.15) is 0 Å². The molecule has 0 fully saturated rings. The third kappa shape index (κ3) is 3.32. The van der Waals surface area contributed by atoms with Gasteiger partial charge in [0.15, 0.2) is 5.76 Å². The second-order valence-corrected chi connectivity index (χ2v) is 5.03. The predicted molar refractivity (Wildman–Crippen MR) is 85.6 cm³/mol. The van der Waals surface area contributed by atoms with Gasteiger partial charge in [0.25, 0.3) is 5.91 Å². The number of nitrogens with zero attached hydrogens (tertiary/aromatic N) is 3. The van der Waals surface area contributed by atoms with E-state index in [1.54, 1.807) is 48.3 Å². The van der Waals surface area contributed by atoms with Gasteiger partial charge in [0.05, 0.1) is 30.0 Å². The summed E-state index contributed by atoms with van der Waals surface area (Å²) in [6, 6.07) is 9.56. The van der Waals surface area contributed by atoms with Crippen molar-refractivity contribution in [1.29, 1.82) is 0 Å². The van der Waals surface area contributed by atoms with Crippen molar-refractivity contribution in [3.05, 3.63) is 60.8 Å². The maximum atomic E-state index is 12.3. The second-order valence-electron chi connectivity index (χ2n) is 5.03.